The van der Waals surface area contributed by atoms with Crippen molar-refractivity contribution >= 4 is 62.3 Å². The largest absolute Gasteiger partial charge is 0.386 e. The highest BCUT2D eigenvalue weighted by atomic mass is 79.9. The second-order valence-corrected chi connectivity index (χ2v) is 4.28. The zero-order valence-electron chi connectivity index (χ0n) is 6.90. The number of rotatable bonds is 2. The Balaban J connectivity index is 3.18. The number of hydrogen-bond donors (Lipinski definition) is 1. The summed E-state index contributed by atoms with van der Waals surface area (Å²) < 4.78 is 0.601. The van der Waals surface area contributed by atoms with Crippen molar-refractivity contribution in [2.24, 2.45) is 10.7 Å². The Morgan fingerprint density at radius 2 is 2.07 bits per heavy atom. The molecule has 1 aromatic carbocycles. The molecule has 0 saturated carbocycles. The van der Waals surface area contributed by atoms with Crippen molar-refractivity contribution in [1.82, 2.24) is 0 Å². The summed E-state index contributed by atoms with van der Waals surface area (Å²) in [5, 5.41) is 0.948. The average Bonchev–Trinajstić information content (AvgIpc) is 2.19. The normalized spacial score (nSPS) is 11.9. The summed E-state index contributed by atoms with van der Waals surface area (Å²) in [7, 11) is 0. The Morgan fingerprint density at radius 1 is 1.43 bits per heavy atom. The Labute approximate surface area is 105 Å². The van der Waals surface area contributed by atoms with E-state index in [4.69, 9.17) is 40.5 Å². The molecule has 0 bridgehead atoms. The van der Waals surface area contributed by atoms with Gasteiger partial charge < -0.3 is 5.73 Å². The molecule has 0 atom stereocenters. The summed E-state index contributed by atoms with van der Waals surface area (Å²) in [4.78, 5) is 4.02. The lowest BCUT2D eigenvalue weighted by atomic mass is 10.3. The molecule has 0 radical (unpaired) electrons. The molecular formula is C8H6BrCl3N2. The van der Waals surface area contributed by atoms with Gasteiger partial charge in [0.1, 0.15) is 5.84 Å². The van der Waals surface area contributed by atoms with Crippen molar-refractivity contribution in [2.45, 2.75) is 0 Å². The van der Waals surface area contributed by atoms with E-state index in [1.165, 1.54) is 0 Å². The molecule has 0 aliphatic carbocycles. The van der Waals surface area contributed by atoms with Gasteiger partial charge in [0.15, 0.2) is 0 Å². The fraction of sp³-hybridized carbons (Fsp3) is 0.125. The first-order valence-electron chi connectivity index (χ1n) is 3.58. The van der Waals surface area contributed by atoms with E-state index in [-0.39, 0.29) is 5.88 Å². The molecule has 0 heterocycles. The molecule has 76 valence electrons. The number of amidine groups is 1. The molecule has 0 unspecified atom stereocenters. The lowest BCUT2D eigenvalue weighted by molar-refractivity contribution is 1.44. The topological polar surface area (TPSA) is 38.4 Å². The Morgan fingerprint density at radius 3 is 2.64 bits per heavy atom. The van der Waals surface area contributed by atoms with Crippen LogP contribution in [-0.4, -0.2) is 11.7 Å². The first-order chi connectivity index (χ1) is 6.56. The minimum Gasteiger partial charge on any atom is -0.386 e. The Bertz CT molecular complexity index is 379. The van der Waals surface area contributed by atoms with Gasteiger partial charge in [-0.2, -0.15) is 0 Å². The Hall–Kier alpha value is 0.0400. The van der Waals surface area contributed by atoms with Crippen LogP contribution < -0.4 is 5.73 Å². The number of alkyl halides is 1. The van der Waals surface area contributed by atoms with Crippen LogP contribution in [0, 0.1) is 0 Å². The predicted octanol–water partition coefficient (Wildman–Crippen LogP) is 3.98. The third-order valence-corrected chi connectivity index (χ3v) is 3.67. The SMILES string of the molecule is NC(CCl)=Nc1ccc(Cl)c(Br)c1Cl. The molecule has 0 fully saturated rings. The molecule has 0 aliphatic heterocycles. The minimum atomic E-state index is 0.163. The second-order valence-electron chi connectivity index (χ2n) is 2.43. The zero-order valence-corrected chi connectivity index (χ0v) is 10.8. The molecule has 1 rings (SSSR count). The van der Waals surface area contributed by atoms with Crippen LogP contribution in [0.1, 0.15) is 0 Å². The monoisotopic (exact) mass is 314 g/mol. The van der Waals surface area contributed by atoms with Gasteiger partial charge in [-0.15, -0.1) is 11.6 Å². The van der Waals surface area contributed by atoms with Crippen LogP contribution in [0.4, 0.5) is 5.69 Å². The molecule has 0 amide bonds. The average molecular weight is 316 g/mol. The molecule has 2 N–H and O–H groups in total. The van der Waals surface area contributed by atoms with Gasteiger partial charge >= 0.3 is 0 Å². The van der Waals surface area contributed by atoms with Crippen LogP contribution in [-0.2, 0) is 0 Å². The highest BCUT2D eigenvalue weighted by Gasteiger charge is 2.07. The summed E-state index contributed by atoms with van der Waals surface area (Å²) in [6.07, 6.45) is 0. The van der Waals surface area contributed by atoms with Crippen molar-refractivity contribution in [3.8, 4) is 0 Å². The van der Waals surface area contributed by atoms with Crippen LogP contribution in [0.2, 0.25) is 10.0 Å². The van der Waals surface area contributed by atoms with Crippen LogP contribution in [0.5, 0.6) is 0 Å². The quantitative estimate of drug-likeness (QED) is 0.381. The first kappa shape index (κ1) is 12.1. The van der Waals surface area contributed by atoms with Gasteiger partial charge in [-0.05, 0) is 28.1 Å². The fourth-order valence-electron chi connectivity index (χ4n) is 0.787. The molecule has 14 heavy (non-hydrogen) atoms. The minimum absolute atomic E-state index is 0.163. The van der Waals surface area contributed by atoms with Gasteiger partial charge in [-0.1, -0.05) is 23.2 Å². The van der Waals surface area contributed by atoms with Crippen LogP contribution >= 0.6 is 50.7 Å². The molecule has 0 spiro atoms. The summed E-state index contributed by atoms with van der Waals surface area (Å²) in [5.41, 5.74) is 6.02. The van der Waals surface area contributed by atoms with E-state index in [0.29, 0.717) is 26.0 Å². The first-order valence-corrected chi connectivity index (χ1v) is 5.67. The highest BCUT2D eigenvalue weighted by molar-refractivity contribution is 9.10. The van der Waals surface area contributed by atoms with E-state index >= 15 is 0 Å². The number of benzene rings is 1. The van der Waals surface area contributed by atoms with Crippen LogP contribution in [0.3, 0.4) is 0 Å². The van der Waals surface area contributed by atoms with Gasteiger partial charge in [0.2, 0.25) is 0 Å². The molecule has 0 saturated heterocycles. The number of hydrogen-bond acceptors (Lipinski definition) is 1. The predicted molar refractivity (Wildman–Crippen MR) is 66.2 cm³/mol. The van der Waals surface area contributed by atoms with Gasteiger partial charge in [0, 0.05) is 0 Å². The molecule has 0 aliphatic rings. The third kappa shape index (κ3) is 2.76. The maximum absolute atomic E-state index is 5.96. The second kappa shape index (κ2) is 5.21. The van der Waals surface area contributed by atoms with E-state index in [1.807, 2.05) is 0 Å². The lowest BCUT2D eigenvalue weighted by Gasteiger charge is -2.03. The zero-order chi connectivity index (χ0) is 10.7. The maximum atomic E-state index is 5.96. The van der Waals surface area contributed by atoms with E-state index in [1.54, 1.807) is 12.1 Å². The lowest BCUT2D eigenvalue weighted by Crippen LogP contribution is -2.12. The molecule has 2 nitrogen and oxygen atoms in total. The standard InChI is InChI=1S/C8H6BrCl3N2/c9-7-4(11)1-2-5(8(7)12)14-6(13)3-10/h1-2H,3H2,(H2,13,14). The van der Waals surface area contributed by atoms with E-state index in [9.17, 15) is 0 Å². The van der Waals surface area contributed by atoms with E-state index in [2.05, 4.69) is 20.9 Å². The fourth-order valence-corrected chi connectivity index (χ4v) is 1.59. The molecular weight excluding hydrogens is 310 g/mol. The smallest absolute Gasteiger partial charge is 0.115 e. The number of nitrogens with zero attached hydrogens (tertiary/aromatic N) is 1. The third-order valence-electron chi connectivity index (χ3n) is 1.42. The number of halogens is 4. The van der Waals surface area contributed by atoms with E-state index in [0.717, 1.165) is 0 Å². The summed E-state index contributed by atoms with van der Waals surface area (Å²) in [5.74, 6) is 0.471. The van der Waals surface area contributed by atoms with Crippen molar-refractivity contribution < 1.29 is 0 Å². The van der Waals surface area contributed by atoms with E-state index < -0.39 is 0 Å². The van der Waals surface area contributed by atoms with Gasteiger partial charge in [0.25, 0.3) is 0 Å². The molecule has 1 aromatic rings. The van der Waals surface area contributed by atoms with Crippen molar-refractivity contribution in [3.05, 3.63) is 26.7 Å². The van der Waals surface area contributed by atoms with Crippen LogP contribution in [0.15, 0.2) is 21.6 Å². The molecule has 0 aromatic heterocycles. The van der Waals surface area contributed by atoms with Gasteiger partial charge in [0.05, 0.1) is 26.1 Å². The maximum Gasteiger partial charge on any atom is 0.115 e. The van der Waals surface area contributed by atoms with Crippen LogP contribution in [0.25, 0.3) is 0 Å². The molecule has 6 heteroatoms. The summed E-state index contributed by atoms with van der Waals surface area (Å²) in [6.45, 7) is 0. The highest BCUT2D eigenvalue weighted by Crippen LogP contribution is 2.37. The Kier molecular flexibility index (Phi) is 4.51. The number of aliphatic imine (C=N–C) groups is 1. The van der Waals surface area contributed by atoms with Gasteiger partial charge in [-0.25, -0.2) is 4.99 Å². The van der Waals surface area contributed by atoms with Crippen molar-refractivity contribution in [3.63, 3.8) is 0 Å². The van der Waals surface area contributed by atoms with Crippen molar-refractivity contribution in [1.29, 1.82) is 0 Å². The summed E-state index contributed by atoms with van der Waals surface area (Å²) >= 11 is 20.5. The van der Waals surface area contributed by atoms with Gasteiger partial charge in [-0.3, -0.25) is 0 Å². The van der Waals surface area contributed by atoms with Crippen molar-refractivity contribution in [2.75, 3.05) is 5.88 Å². The number of nitrogens with two attached hydrogens (primary N) is 1. The summed E-state index contributed by atoms with van der Waals surface area (Å²) in [6, 6.07) is 3.35.